The molecule has 0 saturated carbocycles. The first-order valence-corrected chi connectivity index (χ1v) is 8.52. The first-order valence-electron chi connectivity index (χ1n) is 8.52. The van der Waals surface area contributed by atoms with Crippen LogP contribution in [-0.2, 0) is 13.2 Å². The standard InChI is InChI=1S/C10H9N3.C5H8N2O2.C4H6N2/c1-8-2-4-9(5-3-8)10-12-6-11-7-13-10;8-2-4-1-6-5(3-9)7-4;1-4-5-2-3-6-4/h2-7H,1H3;1,8-9H,2-3H2,(H,6,7);2-3H,1H3,(H,5,6). The number of aliphatic hydroxyl groups excluding tert-OH is 2. The highest BCUT2D eigenvalue weighted by Crippen LogP contribution is 2.13. The number of hydrogen-bond acceptors (Lipinski definition) is 7. The highest BCUT2D eigenvalue weighted by atomic mass is 16.3. The Morgan fingerprint density at radius 2 is 1.61 bits per heavy atom. The minimum Gasteiger partial charge on any atom is -0.390 e. The van der Waals surface area contributed by atoms with Gasteiger partial charge >= 0.3 is 0 Å². The largest absolute Gasteiger partial charge is 0.390 e. The lowest BCUT2D eigenvalue weighted by Crippen LogP contribution is -1.88. The normalized spacial score (nSPS) is 9.71. The summed E-state index contributed by atoms with van der Waals surface area (Å²) < 4.78 is 0. The van der Waals surface area contributed by atoms with E-state index in [1.165, 1.54) is 24.4 Å². The maximum Gasteiger partial charge on any atom is 0.162 e. The lowest BCUT2D eigenvalue weighted by atomic mass is 10.1. The predicted molar refractivity (Wildman–Crippen MR) is 104 cm³/mol. The van der Waals surface area contributed by atoms with Crippen molar-refractivity contribution >= 4 is 0 Å². The van der Waals surface area contributed by atoms with Crippen LogP contribution in [0.4, 0.5) is 0 Å². The van der Waals surface area contributed by atoms with E-state index in [0.29, 0.717) is 11.5 Å². The molecule has 0 aliphatic rings. The van der Waals surface area contributed by atoms with Crippen LogP contribution >= 0.6 is 0 Å². The van der Waals surface area contributed by atoms with Gasteiger partial charge in [0, 0.05) is 18.0 Å². The van der Waals surface area contributed by atoms with Gasteiger partial charge in [0.25, 0.3) is 0 Å². The van der Waals surface area contributed by atoms with Gasteiger partial charge < -0.3 is 20.2 Å². The van der Waals surface area contributed by atoms with Crippen molar-refractivity contribution in [1.82, 2.24) is 34.9 Å². The number of nitrogens with zero attached hydrogens (tertiary/aromatic N) is 5. The van der Waals surface area contributed by atoms with Crippen LogP contribution in [0.3, 0.4) is 0 Å². The zero-order valence-corrected chi connectivity index (χ0v) is 15.7. The number of rotatable bonds is 3. The van der Waals surface area contributed by atoms with Crippen molar-refractivity contribution in [3.8, 4) is 11.4 Å². The van der Waals surface area contributed by atoms with E-state index in [9.17, 15) is 0 Å². The summed E-state index contributed by atoms with van der Waals surface area (Å²) >= 11 is 0. The number of aromatic nitrogens is 7. The molecule has 0 aliphatic heterocycles. The van der Waals surface area contributed by atoms with Crippen molar-refractivity contribution in [3.63, 3.8) is 0 Å². The Labute approximate surface area is 162 Å². The molecule has 0 atom stereocenters. The van der Waals surface area contributed by atoms with Crippen LogP contribution in [0.2, 0.25) is 0 Å². The minimum atomic E-state index is -0.111. The van der Waals surface area contributed by atoms with Gasteiger partial charge in [0.1, 0.15) is 30.9 Å². The number of aliphatic hydroxyl groups is 2. The summed E-state index contributed by atoms with van der Waals surface area (Å²) in [6, 6.07) is 8.09. The summed E-state index contributed by atoms with van der Waals surface area (Å²) in [6.45, 7) is 3.80. The average Bonchev–Trinajstić information content (AvgIpc) is 3.41. The Morgan fingerprint density at radius 3 is 2.04 bits per heavy atom. The summed E-state index contributed by atoms with van der Waals surface area (Å²) in [4.78, 5) is 25.1. The van der Waals surface area contributed by atoms with E-state index in [2.05, 4.69) is 41.8 Å². The second-order valence-corrected chi connectivity index (χ2v) is 5.67. The van der Waals surface area contributed by atoms with Crippen molar-refractivity contribution < 1.29 is 10.2 Å². The topological polar surface area (TPSA) is 136 Å². The zero-order valence-electron chi connectivity index (χ0n) is 15.7. The maximum absolute atomic E-state index is 8.49. The number of aromatic amines is 2. The molecule has 0 amide bonds. The van der Waals surface area contributed by atoms with Crippen LogP contribution in [0.25, 0.3) is 11.4 Å². The molecule has 9 heteroatoms. The summed E-state index contributed by atoms with van der Waals surface area (Å²) in [5.74, 6) is 2.17. The molecule has 146 valence electrons. The number of benzene rings is 1. The second-order valence-electron chi connectivity index (χ2n) is 5.67. The highest BCUT2D eigenvalue weighted by Gasteiger charge is 1.97. The lowest BCUT2D eigenvalue weighted by Gasteiger charge is -1.98. The smallest absolute Gasteiger partial charge is 0.162 e. The van der Waals surface area contributed by atoms with Gasteiger partial charge in [0.05, 0.1) is 18.5 Å². The summed E-state index contributed by atoms with van der Waals surface area (Å²) in [5.41, 5.74) is 2.88. The molecule has 1 aromatic carbocycles. The number of H-pyrrole nitrogens is 2. The van der Waals surface area contributed by atoms with Crippen molar-refractivity contribution in [2.75, 3.05) is 0 Å². The van der Waals surface area contributed by atoms with E-state index in [1.807, 2.05) is 31.2 Å². The molecule has 0 bridgehead atoms. The number of imidazole rings is 2. The van der Waals surface area contributed by atoms with Gasteiger partial charge in [-0.2, -0.15) is 0 Å². The van der Waals surface area contributed by atoms with Gasteiger partial charge in [-0.15, -0.1) is 0 Å². The molecular weight excluding hydrogens is 358 g/mol. The average molecular weight is 381 g/mol. The molecule has 4 aromatic rings. The molecular formula is C19H23N7O2. The Morgan fingerprint density at radius 1 is 0.893 bits per heavy atom. The fourth-order valence-corrected chi connectivity index (χ4v) is 2.00. The Bertz CT molecular complexity index is 889. The van der Waals surface area contributed by atoms with Crippen LogP contribution in [0.15, 0.2) is 55.5 Å². The summed E-state index contributed by atoms with van der Waals surface area (Å²) in [7, 11) is 0. The minimum absolute atomic E-state index is 0.0625. The molecule has 4 rings (SSSR count). The molecule has 0 spiro atoms. The second kappa shape index (κ2) is 11.3. The fourth-order valence-electron chi connectivity index (χ4n) is 2.00. The molecule has 0 unspecified atom stereocenters. The number of nitrogens with one attached hydrogen (secondary N) is 2. The Balaban J connectivity index is 0.000000162. The van der Waals surface area contributed by atoms with Crippen molar-refractivity contribution in [2.24, 2.45) is 0 Å². The van der Waals surface area contributed by atoms with E-state index >= 15 is 0 Å². The van der Waals surface area contributed by atoms with E-state index in [1.54, 1.807) is 12.4 Å². The summed E-state index contributed by atoms with van der Waals surface area (Å²) in [6.07, 6.45) is 8.03. The Hall–Kier alpha value is -3.43. The van der Waals surface area contributed by atoms with E-state index in [-0.39, 0.29) is 13.2 Å². The Kier molecular flexibility index (Phi) is 8.44. The van der Waals surface area contributed by atoms with Gasteiger partial charge in [-0.1, -0.05) is 29.8 Å². The molecule has 9 nitrogen and oxygen atoms in total. The molecule has 28 heavy (non-hydrogen) atoms. The molecule has 0 saturated heterocycles. The first-order chi connectivity index (χ1) is 13.6. The van der Waals surface area contributed by atoms with Crippen molar-refractivity contribution in [1.29, 1.82) is 0 Å². The molecule has 3 aromatic heterocycles. The van der Waals surface area contributed by atoms with Gasteiger partial charge in [-0.05, 0) is 13.8 Å². The van der Waals surface area contributed by atoms with Crippen LogP contribution in [0.1, 0.15) is 22.9 Å². The quantitative estimate of drug-likeness (QED) is 0.426. The third-order valence-electron chi connectivity index (χ3n) is 3.44. The monoisotopic (exact) mass is 381 g/mol. The van der Waals surface area contributed by atoms with Crippen LogP contribution in [0, 0.1) is 13.8 Å². The summed E-state index contributed by atoms with van der Waals surface area (Å²) in [5, 5.41) is 17.0. The first kappa shape index (κ1) is 20.9. The van der Waals surface area contributed by atoms with Crippen LogP contribution < -0.4 is 0 Å². The predicted octanol–water partition coefficient (Wildman–Crippen LogP) is 1.96. The maximum atomic E-state index is 8.49. The SMILES string of the molecule is Cc1ccc(-c2ncncn2)cc1.Cc1ncc[nH]1.OCc1cnc(CO)[nH]1. The zero-order chi connectivity index (χ0) is 20.2. The van der Waals surface area contributed by atoms with Gasteiger partial charge in [-0.3, -0.25) is 0 Å². The third kappa shape index (κ3) is 7.06. The number of aryl methyl sites for hydroxylation is 2. The van der Waals surface area contributed by atoms with Gasteiger partial charge in [0.15, 0.2) is 5.82 Å². The lowest BCUT2D eigenvalue weighted by molar-refractivity contribution is 0.267. The van der Waals surface area contributed by atoms with E-state index in [4.69, 9.17) is 10.2 Å². The molecule has 0 fully saturated rings. The van der Waals surface area contributed by atoms with Crippen LogP contribution in [-0.4, -0.2) is 45.1 Å². The molecule has 3 heterocycles. The number of hydrogen-bond donors (Lipinski definition) is 4. The highest BCUT2D eigenvalue weighted by molar-refractivity contribution is 5.54. The molecule has 0 radical (unpaired) electrons. The fraction of sp³-hybridized carbons (Fsp3) is 0.211. The molecule has 0 aliphatic carbocycles. The van der Waals surface area contributed by atoms with Crippen molar-refractivity contribution in [2.45, 2.75) is 27.1 Å². The van der Waals surface area contributed by atoms with E-state index in [0.717, 1.165) is 17.2 Å². The molecule has 4 N–H and O–H groups in total. The van der Waals surface area contributed by atoms with Gasteiger partial charge in [-0.25, -0.2) is 24.9 Å². The van der Waals surface area contributed by atoms with Crippen molar-refractivity contribution in [3.05, 3.63) is 78.4 Å². The third-order valence-corrected chi connectivity index (χ3v) is 3.44. The van der Waals surface area contributed by atoms with Gasteiger partial charge in [0.2, 0.25) is 0 Å². The van der Waals surface area contributed by atoms with E-state index < -0.39 is 0 Å². The van der Waals surface area contributed by atoms with Crippen LogP contribution in [0.5, 0.6) is 0 Å².